The van der Waals surface area contributed by atoms with Crippen molar-refractivity contribution in [2.45, 2.75) is 32.4 Å². The molecule has 0 radical (unpaired) electrons. The molecule has 1 unspecified atom stereocenters. The molecule has 1 heterocycles. The largest absolute Gasteiger partial charge is 0.489 e. The first-order valence-electron chi connectivity index (χ1n) is 8.55. The zero-order chi connectivity index (χ0) is 19.9. The van der Waals surface area contributed by atoms with E-state index in [4.69, 9.17) is 26.9 Å². The number of aliphatic hydroxyl groups is 1. The van der Waals surface area contributed by atoms with Crippen LogP contribution in [0.2, 0.25) is 5.02 Å². The van der Waals surface area contributed by atoms with Gasteiger partial charge < -0.3 is 25.3 Å². The second-order valence-corrected chi connectivity index (χ2v) is 7.21. The van der Waals surface area contributed by atoms with E-state index in [2.05, 4.69) is 20.9 Å². The van der Waals surface area contributed by atoms with E-state index < -0.39 is 11.6 Å². The Morgan fingerprint density at radius 1 is 1.22 bits per heavy atom. The number of aryl methyl sites for hydroxylation is 1. The summed E-state index contributed by atoms with van der Waals surface area (Å²) >= 11 is 6.12. The lowest BCUT2D eigenvalue weighted by atomic mass is 10.1. The van der Waals surface area contributed by atoms with Gasteiger partial charge in [0, 0.05) is 18.2 Å². The maximum atomic E-state index is 10.2. The number of aliphatic hydroxyl groups excluding tert-OH is 1. The van der Waals surface area contributed by atoms with Crippen LogP contribution in [0.25, 0.3) is 0 Å². The minimum atomic E-state index is -0.699. The predicted octanol–water partition coefficient (Wildman–Crippen LogP) is 1.91. The first kappa shape index (κ1) is 21.2. The Morgan fingerprint density at radius 3 is 2.63 bits per heavy atom. The lowest BCUT2D eigenvalue weighted by Crippen LogP contribution is -2.48. The Kier molecular flexibility index (Phi) is 7.61. The topological polar surface area (TPSA) is 115 Å². The molecule has 0 amide bonds. The Balaban J connectivity index is 1.76. The number of nitrogen functional groups attached to an aromatic ring is 1. The number of hydrazine groups is 1. The quantitative estimate of drug-likeness (QED) is 0.356. The van der Waals surface area contributed by atoms with Crippen LogP contribution in [-0.4, -0.2) is 46.7 Å². The highest BCUT2D eigenvalue weighted by atomic mass is 35.5. The molecule has 1 aromatic carbocycles. The molecule has 0 aliphatic heterocycles. The lowest BCUT2D eigenvalue weighted by molar-refractivity contribution is 0.0920. The van der Waals surface area contributed by atoms with E-state index >= 15 is 0 Å². The number of nitrogens with zero attached hydrogens (tertiary/aromatic N) is 2. The summed E-state index contributed by atoms with van der Waals surface area (Å²) in [6.07, 6.45) is -0.699. The summed E-state index contributed by atoms with van der Waals surface area (Å²) in [5, 5.41) is 21.7. The zero-order valence-corrected chi connectivity index (χ0v) is 16.5. The Labute approximate surface area is 164 Å². The van der Waals surface area contributed by atoms with Crippen molar-refractivity contribution in [2.24, 2.45) is 5.84 Å². The molecule has 9 heteroatoms. The van der Waals surface area contributed by atoms with Crippen LogP contribution in [0, 0.1) is 6.92 Å². The van der Waals surface area contributed by atoms with E-state index in [-0.39, 0.29) is 6.61 Å². The van der Waals surface area contributed by atoms with Gasteiger partial charge in [0.25, 0.3) is 0 Å². The van der Waals surface area contributed by atoms with Crippen LogP contribution < -0.4 is 26.1 Å². The van der Waals surface area contributed by atoms with Gasteiger partial charge in [0.2, 0.25) is 5.88 Å². The second-order valence-electron chi connectivity index (χ2n) is 6.81. The van der Waals surface area contributed by atoms with Gasteiger partial charge in [-0.3, -0.25) is 0 Å². The third-order valence-electron chi connectivity index (χ3n) is 3.77. The minimum Gasteiger partial charge on any atom is -0.489 e. The number of rotatable bonds is 10. The summed E-state index contributed by atoms with van der Waals surface area (Å²) in [6, 6.07) is 8.86. The van der Waals surface area contributed by atoms with Gasteiger partial charge in [-0.15, -0.1) is 10.2 Å². The highest BCUT2D eigenvalue weighted by Crippen LogP contribution is 2.27. The molecule has 5 N–H and O–H groups in total. The molecule has 2 aromatic rings. The minimum absolute atomic E-state index is 0.132. The lowest BCUT2D eigenvalue weighted by Gasteiger charge is -2.27. The van der Waals surface area contributed by atoms with E-state index in [0.717, 1.165) is 5.56 Å². The smallest absolute Gasteiger partial charge is 0.233 e. The molecule has 8 nitrogen and oxygen atoms in total. The second kappa shape index (κ2) is 9.70. The number of nitrogens with two attached hydrogens (primary N) is 1. The Bertz CT molecular complexity index is 707. The van der Waals surface area contributed by atoms with Gasteiger partial charge in [-0.2, -0.15) is 0 Å². The first-order valence-corrected chi connectivity index (χ1v) is 8.92. The summed E-state index contributed by atoms with van der Waals surface area (Å²) in [7, 11) is 0. The molecule has 1 aromatic heterocycles. The van der Waals surface area contributed by atoms with Crippen LogP contribution in [0.4, 0.5) is 5.82 Å². The van der Waals surface area contributed by atoms with Crippen molar-refractivity contribution in [1.82, 2.24) is 15.5 Å². The molecular weight excluding hydrogens is 370 g/mol. The average molecular weight is 396 g/mol. The Morgan fingerprint density at radius 2 is 2.00 bits per heavy atom. The van der Waals surface area contributed by atoms with Crippen molar-refractivity contribution < 1.29 is 14.6 Å². The van der Waals surface area contributed by atoms with Crippen molar-refractivity contribution in [3.63, 3.8) is 0 Å². The van der Waals surface area contributed by atoms with Crippen molar-refractivity contribution >= 4 is 17.4 Å². The number of β-amino-alcohol motifs (C(OH)–C–C–N with tert-alkyl or cyclic N) is 1. The van der Waals surface area contributed by atoms with E-state index in [1.54, 1.807) is 18.2 Å². The highest BCUT2D eigenvalue weighted by molar-refractivity contribution is 6.32. The monoisotopic (exact) mass is 395 g/mol. The number of hydrogen-bond donors (Lipinski definition) is 4. The fraction of sp³-hybridized carbons (Fsp3) is 0.444. The number of benzene rings is 1. The molecule has 0 aliphatic rings. The van der Waals surface area contributed by atoms with Crippen LogP contribution >= 0.6 is 11.6 Å². The zero-order valence-electron chi connectivity index (χ0n) is 15.7. The van der Waals surface area contributed by atoms with Gasteiger partial charge >= 0.3 is 0 Å². The highest BCUT2D eigenvalue weighted by Gasteiger charge is 2.20. The molecule has 0 aliphatic carbocycles. The van der Waals surface area contributed by atoms with Crippen LogP contribution in [0.5, 0.6) is 11.6 Å². The molecule has 2 rings (SSSR count). The average Bonchev–Trinajstić information content (AvgIpc) is 2.65. The maximum Gasteiger partial charge on any atom is 0.233 e. The summed E-state index contributed by atoms with van der Waals surface area (Å²) in [5.41, 5.74) is 2.93. The fourth-order valence-electron chi connectivity index (χ4n) is 2.21. The first-order chi connectivity index (χ1) is 12.8. The van der Waals surface area contributed by atoms with Gasteiger partial charge in [0.1, 0.15) is 25.1 Å². The molecule has 0 bridgehead atoms. The number of anilines is 1. The summed E-state index contributed by atoms with van der Waals surface area (Å²) < 4.78 is 11.3. The number of nitrogens with one attached hydrogen (secondary N) is 2. The molecule has 27 heavy (non-hydrogen) atoms. The molecule has 0 saturated carbocycles. The summed E-state index contributed by atoms with van der Waals surface area (Å²) in [4.78, 5) is 0. The van der Waals surface area contributed by atoms with Crippen LogP contribution in [0.1, 0.15) is 19.4 Å². The SMILES string of the molecule is Cc1cccc(Cl)c1OCC(O)CNC(C)(C)COc1ccc(NN)nn1. The van der Waals surface area contributed by atoms with Gasteiger partial charge in [0.05, 0.1) is 5.02 Å². The van der Waals surface area contributed by atoms with Gasteiger partial charge in [-0.1, -0.05) is 23.7 Å². The number of aromatic nitrogens is 2. The van der Waals surface area contributed by atoms with Crippen LogP contribution in [-0.2, 0) is 0 Å². The van der Waals surface area contributed by atoms with Crippen molar-refractivity contribution in [3.8, 4) is 11.6 Å². The molecular formula is C18H26ClN5O3. The molecule has 0 fully saturated rings. The van der Waals surface area contributed by atoms with E-state index in [9.17, 15) is 5.11 Å². The molecule has 1 atom stereocenters. The molecule has 0 saturated heterocycles. The third-order valence-corrected chi connectivity index (χ3v) is 4.07. The molecule has 0 spiro atoms. The number of para-hydroxylation sites is 1. The standard InChI is InChI=1S/C18H26ClN5O3/c1-12-5-4-6-14(19)17(12)26-10-13(25)9-21-18(2,3)11-27-16-8-7-15(22-20)23-24-16/h4-8,13,21,25H,9-11,20H2,1-3H3,(H,22,23). The number of ether oxygens (including phenoxy) is 2. The van der Waals surface area contributed by atoms with E-state index in [1.807, 2.05) is 32.9 Å². The normalized spacial score (nSPS) is 12.5. The Hall–Kier alpha value is -2.13. The number of hydrogen-bond acceptors (Lipinski definition) is 8. The fourth-order valence-corrected chi connectivity index (χ4v) is 2.49. The van der Waals surface area contributed by atoms with Crippen LogP contribution in [0.3, 0.4) is 0 Å². The van der Waals surface area contributed by atoms with Gasteiger partial charge in [-0.25, -0.2) is 5.84 Å². The third kappa shape index (κ3) is 6.84. The summed E-state index contributed by atoms with van der Waals surface area (Å²) in [6.45, 7) is 6.64. The molecule has 148 valence electrons. The van der Waals surface area contributed by atoms with E-state index in [0.29, 0.717) is 35.6 Å². The summed E-state index contributed by atoms with van der Waals surface area (Å²) in [5.74, 6) is 6.68. The van der Waals surface area contributed by atoms with E-state index in [1.165, 1.54) is 0 Å². The maximum absolute atomic E-state index is 10.2. The van der Waals surface area contributed by atoms with Crippen LogP contribution in [0.15, 0.2) is 30.3 Å². The predicted molar refractivity (Wildman–Crippen MR) is 105 cm³/mol. The van der Waals surface area contributed by atoms with Gasteiger partial charge in [0.15, 0.2) is 5.82 Å². The number of halogens is 1. The van der Waals surface area contributed by atoms with Crippen molar-refractivity contribution in [3.05, 3.63) is 40.9 Å². The van der Waals surface area contributed by atoms with Gasteiger partial charge in [-0.05, 0) is 38.5 Å². The van der Waals surface area contributed by atoms with Crippen molar-refractivity contribution in [1.29, 1.82) is 0 Å². The van der Waals surface area contributed by atoms with Crippen molar-refractivity contribution in [2.75, 3.05) is 25.2 Å².